The van der Waals surface area contributed by atoms with Crippen molar-refractivity contribution in [3.63, 3.8) is 0 Å². The summed E-state index contributed by atoms with van der Waals surface area (Å²) < 4.78 is 0.889. The first-order chi connectivity index (χ1) is 5.41. The number of nitrogens with two attached hydrogens (primary N) is 1. The van der Waals surface area contributed by atoms with E-state index in [0.717, 1.165) is 10.0 Å². The van der Waals surface area contributed by atoms with E-state index in [-0.39, 0.29) is 5.54 Å². The van der Waals surface area contributed by atoms with E-state index < -0.39 is 0 Å². The zero-order valence-electron chi connectivity index (χ0n) is 7.07. The molecule has 1 rings (SSSR count). The smallest absolute Gasteiger partial charge is 0.0548 e. The highest BCUT2D eigenvalue weighted by Crippen LogP contribution is 2.27. The molecule has 0 unspecified atom stereocenters. The highest BCUT2D eigenvalue weighted by molar-refractivity contribution is 9.10. The van der Waals surface area contributed by atoms with Gasteiger partial charge in [-0.25, -0.2) is 0 Å². The van der Waals surface area contributed by atoms with E-state index in [0.29, 0.717) is 5.02 Å². The highest BCUT2D eigenvalue weighted by Gasteiger charge is 2.14. The molecule has 0 aliphatic carbocycles. The Morgan fingerprint density at radius 1 is 1.42 bits per heavy atom. The van der Waals surface area contributed by atoms with E-state index in [2.05, 4.69) is 15.9 Å². The third kappa shape index (κ3) is 2.22. The predicted molar refractivity (Wildman–Crippen MR) is 56.4 cm³/mol. The van der Waals surface area contributed by atoms with Crippen molar-refractivity contribution in [2.45, 2.75) is 19.4 Å². The minimum absolute atomic E-state index is 0.312. The first-order valence-corrected chi connectivity index (χ1v) is 4.83. The van der Waals surface area contributed by atoms with Gasteiger partial charge in [0, 0.05) is 10.0 Å². The molecule has 12 heavy (non-hydrogen) atoms. The number of halogens is 2. The zero-order valence-corrected chi connectivity index (χ0v) is 9.41. The fourth-order valence-corrected chi connectivity index (χ4v) is 1.39. The van der Waals surface area contributed by atoms with Gasteiger partial charge in [0.2, 0.25) is 0 Å². The molecule has 3 heteroatoms. The van der Waals surface area contributed by atoms with Crippen LogP contribution in [0.15, 0.2) is 22.7 Å². The van der Waals surface area contributed by atoms with Gasteiger partial charge in [0.15, 0.2) is 0 Å². The first-order valence-electron chi connectivity index (χ1n) is 3.65. The first kappa shape index (κ1) is 10.0. The Balaban J connectivity index is 3.14. The summed E-state index contributed by atoms with van der Waals surface area (Å²) in [6.07, 6.45) is 0. The summed E-state index contributed by atoms with van der Waals surface area (Å²) in [5.74, 6) is 0. The van der Waals surface area contributed by atoms with E-state index in [1.54, 1.807) is 0 Å². The van der Waals surface area contributed by atoms with Gasteiger partial charge in [0.25, 0.3) is 0 Å². The molecule has 0 aliphatic heterocycles. The zero-order chi connectivity index (χ0) is 9.35. The van der Waals surface area contributed by atoms with Crippen LogP contribution in [0.3, 0.4) is 0 Å². The van der Waals surface area contributed by atoms with Crippen LogP contribution in [0.25, 0.3) is 0 Å². The van der Waals surface area contributed by atoms with Crippen LogP contribution in [0.1, 0.15) is 19.4 Å². The van der Waals surface area contributed by atoms with Crippen LogP contribution < -0.4 is 5.73 Å². The lowest BCUT2D eigenvalue weighted by molar-refractivity contribution is 0.554. The molecule has 1 aromatic carbocycles. The predicted octanol–water partition coefficient (Wildman–Crippen LogP) is 3.30. The van der Waals surface area contributed by atoms with Crippen LogP contribution in [0.4, 0.5) is 0 Å². The van der Waals surface area contributed by atoms with Crippen molar-refractivity contribution in [2.75, 3.05) is 0 Å². The molecule has 0 radical (unpaired) electrons. The standard InChI is InChI=1S/C9H11BrClN/c1-9(2,12)6-3-4-8(11)7(10)5-6/h3-5H,12H2,1-2H3. The molecule has 0 saturated heterocycles. The van der Waals surface area contributed by atoms with Crippen LogP contribution in [-0.4, -0.2) is 0 Å². The van der Waals surface area contributed by atoms with Crippen molar-refractivity contribution in [3.05, 3.63) is 33.3 Å². The van der Waals surface area contributed by atoms with Gasteiger partial charge in [-0.15, -0.1) is 0 Å². The van der Waals surface area contributed by atoms with E-state index >= 15 is 0 Å². The Bertz CT molecular complexity index is 291. The number of rotatable bonds is 1. The van der Waals surface area contributed by atoms with Gasteiger partial charge in [-0.05, 0) is 47.5 Å². The largest absolute Gasteiger partial charge is 0.322 e. The van der Waals surface area contributed by atoms with E-state index in [9.17, 15) is 0 Å². The molecule has 0 heterocycles. The van der Waals surface area contributed by atoms with Crippen molar-refractivity contribution in [1.82, 2.24) is 0 Å². The topological polar surface area (TPSA) is 26.0 Å². The summed E-state index contributed by atoms with van der Waals surface area (Å²) in [6, 6.07) is 5.73. The average molecular weight is 249 g/mol. The normalized spacial score (nSPS) is 11.8. The molecule has 0 amide bonds. The fourth-order valence-electron chi connectivity index (χ4n) is 0.897. The number of benzene rings is 1. The number of hydrogen-bond acceptors (Lipinski definition) is 1. The Morgan fingerprint density at radius 2 is 2.00 bits per heavy atom. The van der Waals surface area contributed by atoms with Crippen molar-refractivity contribution in [1.29, 1.82) is 0 Å². The maximum atomic E-state index is 5.91. The Labute approximate surface area is 86.0 Å². The van der Waals surface area contributed by atoms with Gasteiger partial charge in [-0.3, -0.25) is 0 Å². The maximum Gasteiger partial charge on any atom is 0.0548 e. The van der Waals surface area contributed by atoms with E-state index in [1.165, 1.54) is 0 Å². The summed E-state index contributed by atoms with van der Waals surface area (Å²) in [6.45, 7) is 3.92. The molecule has 0 atom stereocenters. The van der Waals surface area contributed by atoms with Crippen LogP contribution in [0.5, 0.6) is 0 Å². The maximum absolute atomic E-state index is 5.91. The summed E-state index contributed by atoms with van der Waals surface area (Å²) >= 11 is 9.19. The molecule has 0 saturated carbocycles. The molecular weight excluding hydrogens is 237 g/mol. The van der Waals surface area contributed by atoms with Crippen molar-refractivity contribution in [2.24, 2.45) is 5.73 Å². The van der Waals surface area contributed by atoms with E-state index in [4.69, 9.17) is 17.3 Å². The van der Waals surface area contributed by atoms with Crippen LogP contribution in [-0.2, 0) is 5.54 Å². The molecule has 0 aliphatic rings. The monoisotopic (exact) mass is 247 g/mol. The Kier molecular flexibility index (Phi) is 2.81. The average Bonchev–Trinajstić information content (AvgIpc) is 1.92. The van der Waals surface area contributed by atoms with Gasteiger partial charge < -0.3 is 5.73 Å². The summed E-state index contributed by atoms with van der Waals surface area (Å²) in [7, 11) is 0. The SMILES string of the molecule is CC(C)(N)c1ccc(Cl)c(Br)c1. The van der Waals surface area contributed by atoms with Crippen molar-refractivity contribution in [3.8, 4) is 0 Å². The van der Waals surface area contributed by atoms with Gasteiger partial charge in [-0.2, -0.15) is 0 Å². The fraction of sp³-hybridized carbons (Fsp3) is 0.333. The van der Waals surface area contributed by atoms with Gasteiger partial charge in [0.1, 0.15) is 0 Å². The lowest BCUT2D eigenvalue weighted by Crippen LogP contribution is -2.28. The summed E-state index contributed by atoms with van der Waals surface area (Å²) in [4.78, 5) is 0. The minimum atomic E-state index is -0.312. The molecule has 0 spiro atoms. The second-order valence-electron chi connectivity index (χ2n) is 3.35. The van der Waals surface area contributed by atoms with Gasteiger partial charge >= 0.3 is 0 Å². The van der Waals surface area contributed by atoms with Gasteiger partial charge in [-0.1, -0.05) is 17.7 Å². The lowest BCUT2D eigenvalue weighted by atomic mass is 9.96. The Hall–Kier alpha value is -0.0500. The van der Waals surface area contributed by atoms with Crippen LogP contribution in [0.2, 0.25) is 5.02 Å². The Morgan fingerprint density at radius 3 is 2.42 bits per heavy atom. The third-order valence-electron chi connectivity index (χ3n) is 1.66. The van der Waals surface area contributed by atoms with E-state index in [1.807, 2.05) is 32.0 Å². The highest BCUT2D eigenvalue weighted by atomic mass is 79.9. The minimum Gasteiger partial charge on any atom is -0.322 e. The molecule has 1 nitrogen and oxygen atoms in total. The molecule has 0 aromatic heterocycles. The second-order valence-corrected chi connectivity index (χ2v) is 4.61. The number of hydrogen-bond donors (Lipinski definition) is 1. The molecule has 0 bridgehead atoms. The van der Waals surface area contributed by atoms with Gasteiger partial charge in [0.05, 0.1) is 5.02 Å². The quantitative estimate of drug-likeness (QED) is 0.811. The summed E-state index contributed by atoms with van der Waals surface area (Å²) in [5, 5.41) is 0.711. The molecule has 1 aromatic rings. The van der Waals surface area contributed by atoms with Crippen molar-refractivity contribution < 1.29 is 0 Å². The molecule has 0 fully saturated rings. The molecular formula is C9H11BrClN. The van der Waals surface area contributed by atoms with Crippen molar-refractivity contribution >= 4 is 27.5 Å². The second kappa shape index (κ2) is 3.36. The molecule has 66 valence electrons. The van der Waals surface area contributed by atoms with Crippen LogP contribution in [0, 0.1) is 0 Å². The van der Waals surface area contributed by atoms with Crippen LogP contribution >= 0.6 is 27.5 Å². The lowest BCUT2D eigenvalue weighted by Gasteiger charge is -2.19. The third-order valence-corrected chi connectivity index (χ3v) is 2.88. The summed E-state index contributed by atoms with van der Waals surface area (Å²) in [5.41, 5.74) is 6.67. The molecule has 2 N–H and O–H groups in total.